The molecule has 2 aliphatic rings. The molecule has 2 saturated carbocycles. The second-order valence-electron chi connectivity index (χ2n) is 6.83. The molecule has 0 saturated heterocycles. The third kappa shape index (κ3) is 3.46. The van der Waals surface area contributed by atoms with Crippen molar-refractivity contribution in [3.8, 4) is 0 Å². The van der Waals surface area contributed by atoms with E-state index >= 15 is 0 Å². The lowest BCUT2D eigenvalue weighted by molar-refractivity contribution is -0.121. The Morgan fingerprint density at radius 3 is 2.68 bits per heavy atom. The van der Waals surface area contributed by atoms with Crippen molar-refractivity contribution in [2.75, 3.05) is 0 Å². The van der Waals surface area contributed by atoms with E-state index in [-0.39, 0.29) is 17.2 Å². The summed E-state index contributed by atoms with van der Waals surface area (Å²) in [4.78, 5) is 13.4. The van der Waals surface area contributed by atoms with Crippen molar-refractivity contribution < 1.29 is 4.79 Å². The van der Waals surface area contributed by atoms with Gasteiger partial charge in [0, 0.05) is 10.9 Å². The Labute approximate surface area is 142 Å². The number of halogens is 1. The lowest BCUT2D eigenvalue weighted by Gasteiger charge is -2.29. The van der Waals surface area contributed by atoms with Crippen LogP contribution in [-0.2, 0) is 4.79 Å². The minimum atomic E-state index is -0.124. The molecule has 1 aromatic rings. The van der Waals surface area contributed by atoms with Gasteiger partial charge in [-0.1, -0.05) is 30.2 Å². The van der Waals surface area contributed by atoms with Crippen molar-refractivity contribution >= 4 is 29.3 Å². The lowest BCUT2D eigenvalue weighted by atomic mass is 9.84. The highest BCUT2D eigenvalue weighted by Crippen LogP contribution is 2.49. The topological polar surface area (TPSA) is 29.1 Å². The summed E-state index contributed by atoms with van der Waals surface area (Å²) < 4.78 is 0. The van der Waals surface area contributed by atoms with Crippen LogP contribution in [-0.4, -0.2) is 17.2 Å². The van der Waals surface area contributed by atoms with Gasteiger partial charge in [0.25, 0.3) is 0 Å². The van der Waals surface area contributed by atoms with E-state index in [2.05, 4.69) is 12.2 Å². The molecule has 0 unspecified atom stereocenters. The predicted molar refractivity (Wildman–Crippen MR) is 93.3 cm³/mol. The highest BCUT2D eigenvalue weighted by Gasteiger charge is 2.42. The standard InChI is InChI=1S/C18H24ClNOS/c1-11(15-10-13-7-8-14(15)9-13)20-18(21)12(2)22-17-6-4-3-5-16(17)19/h3-6,11-15H,7-10H2,1-2H3,(H,20,21)/t11-,12-,13-,14-,15-/m0/s1. The van der Waals surface area contributed by atoms with Crippen molar-refractivity contribution in [3.63, 3.8) is 0 Å². The zero-order chi connectivity index (χ0) is 15.7. The molecule has 2 nitrogen and oxygen atoms in total. The molecule has 5 atom stereocenters. The zero-order valence-electron chi connectivity index (χ0n) is 13.2. The summed E-state index contributed by atoms with van der Waals surface area (Å²) in [6.07, 6.45) is 5.45. The molecule has 22 heavy (non-hydrogen) atoms. The summed E-state index contributed by atoms with van der Waals surface area (Å²) in [5, 5.41) is 3.84. The molecule has 1 aromatic carbocycles. The maximum atomic E-state index is 12.5. The third-order valence-electron chi connectivity index (χ3n) is 5.31. The summed E-state index contributed by atoms with van der Waals surface area (Å²) in [5.41, 5.74) is 0. The van der Waals surface area contributed by atoms with Crippen LogP contribution in [0.2, 0.25) is 5.02 Å². The van der Waals surface area contributed by atoms with E-state index in [0.29, 0.717) is 10.9 Å². The molecular weight excluding hydrogens is 314 g/mol. The van der Waals surface area contributed by atoms with Crippen LogP contribution in [0.3, 0.4) is 0 Å². The molecule has 0 radical (unpaired) electrons. The molecule has 1 amide bonds. The van der Waals surface area contributed by atoms with Crippen LogP contribution < -0.4 is 5.32 Å². The SMILES string of the molecule is C[C@H](Sc1ccccc1Cl)C(=O)N[C@@H](C)[C@@H]1C[C@H]2CC[C@H]1C2. The molecule has 2 aliphatic carbocycles. The van der Waals surface area contributed by atoms with E-state index in [1.807, 2.05) is 31.2 Å². The number of hydrogen-bond donors (Lipinski definition) is 1. The van der Waals surface area contributed by atoms with E-state index < -0.39 is 0 Å². The van der Waals surface area contributed by atoms with Crippen molar-refractivity contribution in [2.24, 2.45) is 17.8 Å². The average Bonchev–Trinajstić information content (AvgIpc) is 3.12. The first-order chi connectivity index (χ1) is 10.5. The first-order valence-corrected chi connectivity index (χ1v) is 9.52. The molecule has 120 valence electrons. The van der Waals surface area contributed by atoms with Gasteiger partial charge in [-0.15, -0.1) is 11.8 Å². The molecule has 1 N–H and O–H groups in total. The van der Waals surface area contributed by atoms with Gasteiger partial charge in [0.2, 0.25) is 5.91 Å². The number of fused-ring (bicyclic) bond motifs is 2. The molecule has 4 heteroatoms. The number of amides is 1. The molecule has 0 spiro atoms. The van der Waals surface area contributed by atoms with Gasteiger partial charge in [0.15, 0.2) is 0 Å². The third-order valence-corrected chi connectivity index (χ3v) is 6.93. The average molecular weight is 338 g/mol. The first kappa shape index (κ1) is 16.2. The van der Waals surface area contributed by atoms with Crippen LogP contribution in [0.1, 0.15) is 39.5 Å². The normalized spacial score (nSPS) is 29.3. The number of nitrogens with one attached hydrogen (secondary N) is 1. The van der Waals surface area contributed by atoms with Crippen LogP contribution in [0, 0.1) is 17.8 Å². The maximum absolute atomic E-state index is 12.5. The fourth-order valence-electron chi connectivity index (χ4n) is 4.14. The number of carbonyl (C=O) groups is 1. The minimum Gasteiger partial charge on any atom is -0.352 e. The van der Waals surface area contributed by atoms with E-state index in [1.165, 1.54) is 37.4 Å². The Hall–Kier alpha value is -0.670. The van der Waals surface area contributed by atoms with Gasteiger partial charge in [-0.3, -0.25) is 4.79 Å². The van der Waals surface area contributed by atoms with Crippen LogP contribution in [0.25, 0.3) is 0 Å². The predicted octanol–water partition coefficient (Wildman–Crippen LogP) is 4.76. The van der Waals surface area contributed by atoms with Gasteiger partial charge >= 0.3 is 0 Å². The summed E-state index contributed by atoms with van der Waals surface area (Å²) in [6, 6.07) is 7.99. The second kappa shape index (κ2) is 6.84. The molecule has 0 heterocycles. The molecule has 2 bridgehead atoms. The van der Waals surface area contributed by atoms with Crippen LogP contribution in [0.5, 0.6) is 0 Å². The summed E-state index contributed by atoms with van der Waals surface area (Å²) in [5.74, 6) is 2.57. The lowest BCUT2D eigenvalue weighted by Crippen LogP contribution is -2.43. The smallest absolute Gasteiger partial charge is 0.233 e. The van der Waals surface area contributed by atoms with Gasteiger partial charge in [0.05, 0.1) is 10.3 Å². The summed E-state index contributed by atoms with van der Waals surface area (Å²) >= 11 is 7.71. The van der Waals surface area contributed by atoms with E-state index in [1.54, 1.807) is 0 Å². The second-order valence-corrected chi connectivity index (χ2v) is 8.62. The van der Waals surface area contributed by atoms with Gasteiger partial charge in [-0.2, -0.15) is 0 Å². The quantitative estimate of drug-likeness (QED) is 0.785. The van der Waals surface area contributed by atoms with Crippen LogP contribution >= 0.6 is 23.4 Å². The molecule has 0 aliphatic heterocycles. The Morgan fingerprint density at radius 2 is 2.05 bits per heavy atom. The highest BCUT2D eigenvalue weighted by atomic mass is 35.5. The molecular formula is C18H24ClNOS. The van der Waals surface area contributed by atoms with Crippen molar-refractivity contribution in [2.45, 2.75) is 55.7 Å². The molecule has 3 rings (SSSR count). The fourth-order valence-corrected chi connectivity index (χ4v) is 5.30. The monoisotopic (exact) mass is 337 g/mol. The highest BCUT2D eigenvalue weighted by molar-refractivity contribution is 8.00. The van der Waals surface area contributed by atoms with E-state index in [9.17, 15) is 4.79 Å². The summed E-state index contributed by atoms with van der Waals surface area (Å²) in [6.45, 7) is 4.13. The van der Waals surface area contributed by atoms with Gasteiger partial charge in [-0.25, -0.2) is 0 Å². The first-order valence-electron chi connectivity index (χ1n) is 8.26. The minimum absolute atomic E-state index is 0.124. The number of benzene rings is 1. The van der Waals surface area contributed by atoms with Crippen LogP contribution in [0.4, 0.5) is 0 Å². The Bertz CT molecular complexity index is 550. The maximum Gasteiger partial charge on any atom is 0.233 e. The van der Waals surface area contributed by atoms with Gasteiger partial charge in [0.1, 0.15) is 0 Å². The number of carbonyl (C=O) groups excluding carboxylic acids is 1. The zero-order valence-corrected chi connectivity index (χ0v) is 14.8. The van der Waals surface area contributed by atoms with Gasteiger partial charge in [-0.05, 0) is 63.0 Å². The number of hydrogen-bond acceptors (Lipinski definition) is 2. The van der Waals surface area contributed by atoms with Crippen molar-refractivity contribution in [1.82, 2.24) is 5.32 Å². The Balaban J connectivity index is 1.54. The molecule has 2 fully saturated rings. The number of rotatable bonds is 5. The van der Waals surface area contributed by atoms with Crippen molar-refractivity contribution in [1.29, 1.82) is 0 Å². The number of thioether (sulfide) groups is 1. The Kier molecular flexibility index (Phi) is 5.03. The summed E-state index contributed by atoms with van der Waals surface area (Å²) in [7, 11) is 0. The van der Waals surface area contributed by atoms with Crippen molar-refractivity contribution in [3.05, 3.63) is 29.3 Å². The van der Waals surface area contributed by atoms with E-state index in [4.69, 9.17) is 11.6 Å². The van der Waals surface area contributed by atoms with E-state index in [0.717, 1.165) is 16.7 Å². The van der Waals surface area contributed by atoms with Gasteiger partial charge < -0.3 is 5.32 Å². The molecule has 0 aromatic heterocycles. The van der Waals surface area contributed by atoms with Crippen LogP contribution in [0.15, 0.2) is 29.2 Å². The fraction of sp³-hybridized carbons (Fsp3) is 0.611. The largest absolute Gasteiger partial charge is 0.352 e. The Morgan fingerprint density at radius 1 is 1.27 bits per heavy atom.